The van der Waals surface area contributed by atoms with Gasteiger partial charge in [-0.2, -0.15) is 5.10 Å². The number of benzene rings is 2. The maximum Gasteiger partial charge on any atom is 0.223 e. The van der Waals surface area contributed by atoms with Crippen LogP contribution in [0.25, 0.3) is 0 Å². The SMILES string of the molecule is CCc1ccc2c(c1)Cc1cccc(c1)CN(C(=O)CCc1cnn(C)c1)CCOCCO2. The topological polar surface area (TPSA) is 56.6 Å². The van der Waals surface area contributed by atoms with E-state index in [1.54, 1.807) is 4.68 Å². The Hall–Kier alpha value is -3.12. The highest BCUT2D eigenvalue weighted by atomic mass is 16.5. The second-order valence-electron chi connectivity index (χ2n) is 8.59. The van der Waals surface area contributed by atoms with Gasteiger partial charge in [0.1, 0.15) is 12.4 Å². The molecule has 0 spiro atoms. The number of carbonyl (C=O) groups is 1. The summed E-state index contributed by atoms with van der Waals surface area (Å²) in [6.45, 7) is 4.79. The molecule has 3 aromatic rings. The summed E-state index contributed by atoms with van der Waals surface area (Å²) in [6, 6.07) is 15.0. The standard InChI is InChI=1S/C27H33N3O3/c1-3-21-7-9-26-25(16-21)17-22-5-4-6-23(15-22)20-30(11-12-32-13-14-33-26)27(31)10-8-24-18-28-29(2)19-24/h4-7,9,15-16,18-19H,3,8,10-14,17,20H2,1-2H3. The first kappa shape index (κ1) is 23.1. The van der Waals surface area contributed by atoms with Crippen LogP contribution in [0.3, 0.4) is 0 Å². The Morgan fingerprint density at radius 1 is 1.06 bits per heavy atom. The summed E-state index contributed by atoms with van der Waals surface area (Å²) in [4.78, 5) is 15.0. The number of hydrogen-bond acceptors (Lipinski definition) is 4. The van der Waals surface area contributed by atoms with Crippen LogP contribution in [-0.4, -0.2) is 47.0 Å². The minimum Gasteiger partial charge on any atom is -0.491 e. The summed E-state index contributed by atoms with van der Waals surface area (Å²) in [6.07, 6.45) is 6.73. The Labute approximate surface area is 196 Å². The third kappa shape index (κ3) is 6.45. The lowest BCUT2D eigenvalue weighted by Gasteiger charge is -2.24. The Morgan fingerprint density at radius 3 is 2.76 bits per heavy atom. The largest absolute Gasteiger partial charge is 0.491 e. The Morgan fingerprint density at radius 2 is 1.94 bits per heavy atom. The Balaban J connectivity index is 1.52. The molecule has 4 rings (SSSR count). The first-order valence-electron chi connectivity index (χ1n) is 11.8. The lowest BCUT2D eigenvalue weighted by atomic mass is 9.99. The molecule has 1 aromatic heterocycles. The number of aryl methyl sites for hydroxylation is 3. The van der Waals surface area contributed by atoms with Crippen LogP contribution in [0.1, 0.15) is 41.2 Å². The van der Waals surface area contributed by atoms with E-state index < -0.39 is 0 Å². The summed E-state index contributed by atoms with van der Waals surface area (Å²) in [5, 5.41) is 4.20. The smallest absolute Gasteiger partial charge is 0.223 e. The maximum atomic E-state index is 13.1. The van der Waals surface area contributed by atoms with Gasteiger partial charge in [0.05, 0.1) is 19.4 Å². The molecule has 6 heteroatoms. The number of nitrogens with zero attached hydrogens (tertiary/aromatic N) is 3. The number of carbonyl (C=O) groups excluding carboxylic acids is 1. The van der Waals surface area contributed by atoms with Gasteiger partial charge in [-0.15, -0.1) is 0 Å². The van der Waals surface area contributed by atoms with E-state index >= 15 is 0 Å². The lowest BCUT2D eigenvalue weighted by molar-refractivity contribution is -0.132. The molecular formula is C27H33N3O3. The molecule has 0 saturated heterocycles. The van der Waals surface area contributed by atoms with Crippen molar-refractivity contribution in [3.8, 4) is 5.75 Å². The van der Waals surface area contributed by atoms with Gasteiger partial charge in [-0.05, 0) is 46.7 Å². The first-order valence-corrected chi connectivity index (χ1v) is 11.8. The van der Waals surface area contributed by atoms with E-state index in [1.165, 1.54) is 16.7 Å². The number of amides is 1. The van der Waals surface area contributed by atoms with Crippen molar-refractivity contribution in [2.24, 2.45) is 7.05 Å². The van der Waals surface area contributed by atoms with Crippen molar-refractivity contribution in [2.45, 2.75) is 39.2 Å². The van der Waals surface area contributed by atoms with Gasteiger partial charge >= 0.3 is 0 Å². The zero-order valence-corrected chi connectivity index (χ0v) is 19.6. The highest BCUT2D eigenvalue weighted by Gasteiger charge is 2.16. The molecule has 0 radical (unpaired) electrons. The quantitative estimate of drug-likeness (QED) is 0.608. The van der Waals surface area contributed by atoms with E-state index in [9.17, 15) is 4.79 Å². The molecular weight excluding hydrogens is 414 g/mol. The van der Waals surface area contributed by atoms with Crippen LogP contribution in [0.4, 0.5) is 0 Å². The first-order chi connectivity index (χ1) is 16.1. The number of ether oxygens (including phenoxy) is 2. The number of rotatable bonds is 4. The highest BCUT2D eigenvalue weighted by Crippen LogP contribution is 2.25. The van der Waals surface area contributed by atoms with Crippen LogP contribution in [0.2, 0.25) is 0 Å². The fourth-order valence-corrected chi connectivity index (χ4v) is 4.20. The van der Waals surface area contributed by atoms with Crippen LogP contribution in [0, 0.1) is 0 Å². The zero-order chi connectivity index (χ0) is 23.0. The molecule has 0 aliphatic carbocycles. The molecule has 2 heterocycles. The summed E-state index contributed by atoms with van der Waals surface area (Å²) in [5.41, 5.74) is 5.92. The number of hydrogen-bond donors (Lipinski definition) is 0. The molecule has 1 aliphatic rings. The van der Waals surface area contributed by atoms with Gasteiger partial charge in [0.2, 0.25) is 5.91 Å². The van der Waals surface area contributed by atoms with Gasteiger partial charge in [0.25, 0.3) is 0 Å². The zero-order valence-electron chi connectivity index (χ0n) is 19.6. The molecule has 0 fully saturated rings. The normalized spacial score (nSPS) is 14.8. The molecule has 174 valence electrons. The van der Waals surface area contributed by atoms with Crippen LogP contribution < -0.4 is 4.74 Å². The van der Waals surface area contributed by atoms with E-state index in [2.05, 4.69) is 54.5 Å². The fourth-order valence-electron chi connectivity index (χ4n) is 4.20. The van der Waals surface area contributed by atoms with Gasteiger partial charge in [-0.25, -0.2) is 0 Å². The van der Waals surface area contributed by atoms with Gasteiger partial charge < -0.3 is 14.4 Å². The molecule has 2 bridgehead atoms. The maximum absolute atomic E-state index is 13.1. The van der Waals surface area contributed by atoms with E-state index in [1.807, 2.05) is 24.3 Å². The van der Waals surface area contributed by atoms with Gasteiger partial charge in [0, 0.05) is 39.2 Å². The van der Waals surface area contributed by atoms with Crippen LogP contribution in [0.15, 0.2) is 54.9 Å². The molecule has 6 nitrogen and oxygen atoms in total. The summed E-state index contributed by atoms with van der Waals surface area (Å²) >= 11 is 0. The Kier molecular flexibility index (Phi) is 7.79. The van der Waals surface area contributed by atoms with Crippen LogP contribution in [-0.2, 0) is 42.4 Å². The van der Waals surface area contributed by atoms with E-state index in [4.69, 9.17) is 9.47 Å². The molecule has 0 atom stereocenters. The molecule has 1 aliphatic heterocycles. The van der Waals surface area contributed by atoms with Crippen molar-refractivity contribution < 1.29 is 14.3 Å². The van der Waals surface area contributed by atoms with Crippen molar-refractivity contribution in [3.05, 3.63) is 82.7 Å². The van der Waals surface area contributed by atoms with E-state index in [0.29, 0.717) is 45.8 Å². The van der Waals surface area contributed by atoms with Crippen LogP contribution in [0.5, 0.6) is 5.75 Å². The van der Waals surface area contributed by atoms with Gasteiger partial charge in [-0.3, -0.25) is 9.48 Å². The molecule has 2 aromatic carbocycles. The van der Waals surface area contributed by atoms with Crippen molar-refractivity contribution in [3.63, 3.8) is 0 Å². The minimum absolute atomic E-state index is 0.133. The summed E-state index contributed by atoms with van der Waals surface area (Å²) in [7, 11) is 1.89. The average Bonchev–Trinajstić information content (AvgIpc) is 3.24. The van der Waals surface area contributed by atoms with Crippen molar-refractivity contribution in [1.82, 2.24) is 14.7 Å². The molecule has 1 amide bonds. The third-order valence-electron chi connectivity index (χ3n) is 6.02. The van der Waals surface area contributed by atoms with Crippen molar-refractivity contribution in [1.29, 1.82) is 0 Å². The predicted octanol–water partition coefficient (Wildman–Crippen LogP) is 3.94. The van der Waals surface area contributed by atoms with E-state index in [0.717, 1.165) is 29.7 Å². The Bertz CT molecular complexity index is 1080. The summed E-state index contributed by atoms with van der Waals surface area (Å²) in [5.74, 6) is 1.06. The van der Waals surface area contributed by atoms with E-state index in [-0.39, 0.29) is 5.91 Å². The predicted molar refractivity (Wildman–Crippen MR) is 128 cm³/mol. The van der Waals surface area contributed by atoms with Crippen LogP contribution >= 0.6 is 0 Å². The molecule has 0 N–H and O–H groups in total. The number of aromatic nitrogens is 2. The summed E-state index contributed by atoms with van der Waals surface area (Å²) < 4.78 is 13.6. The second kappa shape index (κ2) is 11.1. The fraction of sp³-hybridized carbons (Fsp3) is 0.407. The van der Waals surface area contributed by atoms with Gasteiger partial charge in [0.15, 0.2) is 0 Å². The number of fused-ring (bicyclic) bond motifs is 3. The second-order valence-corrected chi connectivity index (χ2v) is 8.59. The monoisotopic (exact) mass is 447 g/mol. The molecule has 0 unspecified atom stereocenters. The van der Waals surface area contributed by atoms with Gasteiger partial charge in [-0.1, -0.05) is 43.3 Å². The highest BCUT2D eigenvalue weighted by molar-refractivity contribution is 5.76. The average molecular weight is 448 g/mol. The van der Waals surface area contributed by atoms with Crippen molar-refractivity contribution in [2.75, 3.05) is 26.4 Å². The molecule has 0 saturated carbocycles. The minimum atomic E-state index is 0.133. The van der Waals surface area contributed by atoms with Crippen molar-refractivity contribution >= 4 is 5.91 Å². The third-order valence-corrected chi connectivity index (χ3v) is 6.02. The lowest BCUT2D eigenvalue weighted by Crippen LogP contribution is -2.34. The molecule has 33 heavy (non-hydrogen) atoms.